The monoisotopic (exact) mass is 320 g/mol. The Hall–Kier alpha value is -2.15. The molecule has 0 spiro atoms. The minimum absolute atomic E-state index is 0.0468. The Morgan fingerprint density at radius 3 is 2.43 bits per heavy atom. The van der Waals surface area contributed by atoms with Crippen molar-refractivity contribution in [2.75, 3.05) is 11.1 Å². The molecule has 3 nitrogen and oxygen atoms in total. The van der Waals surface area contributed by atoms with Crippen molar-refractivity contribution >= 4 is 28.7 Å². The van der Waals surface area contributed by atoms with Crippen LogP contribution >= 0.6 is 11.6 Å². The van der Waals surface area contributed by atoms with Gasteiger partial charge in [0.05, 0.1) is 22.1 Å². The third-order valence-electron chi connectivity index (χ3n) is 2.52. The zero-order valence-electron chi connectivity index (χ0n) is 10.3. The molecule has 0 saturated carbocycles. The summed E-state index contributed by atoms with van der Waals surface area (Å²) >= 11 is 5.82. The van der Waals surface area contributed by atoms with Crippen LogP contribution in [0.4, 0.5) is 34.6 Å². The first-order valence-electron chi connectivity index (χ1n) is 5.62. The number of anilines is 3. The molecule has 0 unspecified atom stereocenters. The molecule has 2 rings (SSSR count). The molecule has 0 bridgehead atoms. The van der Waals surface area contributed by atoms with E-state index in [9.17, 15) is 17.6 Å². The van der Waals surface area contributed by atoms with Gasteiger partial charge in [-0.1, -0.05) is 11.6 Å². The summed E-state index contributed by atoms with van der Waals surface area (Å²) in [5.41, 5.74) is 5.91. The Labute approximate surface area is 122 Å². The number of ether oxygens (including phenoxy) is 1. The van der Waals surface area contributed by atoms with E-state index < -0.39 is 24.0 Å². The summed E-state index contributed by atoms with van der Waals surface area (Å²) in [7, 11) is 0. The standard InChI is InChI=1S/C13H9ClF4N2O/c14-7-3-6(15)1-2-10(7)20-11-5-12(21-13(17)18)8(16)4-9(11)19/h1-5,13,20H,19H2. The molecule has 0 heterocycles. The zero-order valence-corrected chi connectivity index (χ0v) is 11.1. The van der Waals surface area contributed by atoms with Gasteiger partial charge in [0, 0.05) is 12.1 Å². The molecule has 21 heavy (non-hydrogen) atoms. The van der Waals surface area contributed by atoms with E-state index in [1.54, 1.807) is 0 Å². The molecular weight excluding hydrogens is 312 g/mol. The summed E-state index contributed by atoms with van der Waals surface area (Å²) in [4.78, 5) is 0. The molecule has 8 heteroatoms. The second kappa shape index (κ2) is 6.09. The lowest BCUT2D eigenvalue weighted by Crippen LogP contribution is -2.06. The summed E-state index contributed by atoms with van der Waals surface area (Å²) in [6, 6.07) is 5.33. The first kappa shape index (κ1) is 15.2. The van der Waals surface area contributed by atoms with Gasteiger partial charge in [0.25, 0.3) is 0 Å². The van der Waals surface area contributed by atoms with Crippen LogP contribution < -0.4 is 15.8 Å². The van der Waals surface area contributed by atoms with E-state index in [-0.39, 0.29) is 22.1 Å². The van der Waals surface area contributed by atoms with E-state index in [4.69, 9.17) is 17.3 Å². The van der Waals surface area contributed by atoms with E-state index in [2.05, 4.69) is 10.1 Å². The van der Waals surface area contributed by atoms with Gasteiger partial charge in [0.1, 0.15) is 5.82 Å². The number of halogens is 5. The van der Waals surface area contributed by atoms with Crippen molar-refractivity contribution in [2.24, 2.45) is 0 Å². The number of alkyl halides is 2. The minimum Gasteiger partial charge on any atom is -0.432 e. The van der Waals surface area contributed by atoms with Gasteiger partial charge >= 0.3 is 6.61 Å². The van der Waals surface area contributed by atoms with Gasteiger partial charge in [0.15, 0.2) is 11.6 Å². The number of nitrogens with two attached hydrogens (primary N) is 1. The number of nitrogens with one attached hydrogen (secondary N) is 1. The molecule has 0 aromatic heterocycles. The zero-order chi connectivity index (χ0) is 15.6. The normalized spacial score (nSPS) is 10.8. The van der Waals surface area contributed by atoms with E-state index in [1.807, 2.05) is 0 Å². The average Bonchev–Trinajstić information content (AvgIpc) is 2.37. The van der Waals surface area contributed by atoms with Crippen LogP contribution in [0, 0.1) is 11.6 Å². The average molecular weight is 321 g/mol. The maximum atomic E-state index is 13.4. The first-order chi connectivity index (χ1) is 9.86. The van der Waals surface area contributed by atoms with E-state index in [0.717, 1.165) is 24.3 Å². The van der Waals surface area contributed by atoms with Gasteiger partial charge in [-0.05, 0) is 18.2 Å². The number of nitrogen functional groups attached to an aromatic ring is 1. The fourth-order valence-corrected chi connectivity index (χ4v) is 1.81. The lowest BCUT2D eigenvalue weighted by molar-refractivity contribution is -0.0521. The molecule has 0 amide bonds. The van der Waals surface area contributed by atoms with Crippen molar-refractivity contribution in [3.05, 3.63) is 47.0 Å². The maximum absolute atomic E-state index is 13.4. The summed E-state index contributed by atoms with van der Waals surface area (Å²) in [6.07, 6.45) is 0. The molecule has 0 aliphatic heterocycles. The molecule has 0 fully saturated rings. The van der Waals surface area contributed by atoms with Crippen molar-refractivity contribution in [2.45, 2.75) is 6.61 Å². The lowest BCUT2D eigenvalue weighted by atomic mass is 10.2. The Balaban J connectivity index is 2.34. The summed E-state index contributed by atoms with van der Waals surface area (Å²) in [6.45, 7) is -3.18. The van der Waals surface area contributed by atoms with Crippen LogP contribution in [0.15, 0.2) is 30.3 Å². The van der Waals surface area contributed by atoms with Crippen molar-refractivity contribution in [3.8, 4) is 5.75 Å². The Morgan fingerprint density at radius 2 is 1.81 bits per heavy atom. The van der Waals surface area contributed by atoms with Crippen LogP contribution in [0.25, 0.3) is 0 Å². The largest absolute Gasteiger partial charge is 0.432 e. The lowest BCUT2D eigenvalue weighted by Gasteiger charge is -2.13. The van der Waals surface area contributed by atoms with E-state index in [1.165, 1.54) is 6.07 Å². The number of hydrogen-bond donors (Lipinski definition) is 2. The predicted molar refractivity (Wildman–Crippen MR) is 72.1 cm³/mol. The molecule has 0 radical (unpaired) electrons. The fourth-order valence-electron chi connectivity index (χ4n) is 1.60. The topological polar surface area (TPSA) is 47.3 Å². The number of rotatable bonds is 4. The molecule has 112 valence electrons. The highest BCUT2D eigenvalue weighted by Gasteiger charge is 2.14. The van der Waals surface area contributed by atoms with Crippen LogP contribution in [-0.2, 0) is 0 Å². The fraction of sp³-hybridized carbons (Fsp3) is 0.0769. The van der Waals surface area contributed by atoms with Crippen LogP contribution in [0.2, 0.25) is 5.02 Å². The first-order valence-corrected chi connectivity index (χ1v) is 6.00. The van der Waals surface area contributed by atoms with Crippen molar-refractivity contribution in [3.63, 3.8) is 0 Å². The third-order valence-corrected chi connectivity index (χ3v) is 2.83. The van der Waals surface area contributed by atoms with Crippen molar-refractivity contribution in [1.29, 1.82) is 0 Å². The highest BCUT2D eigenvalue weighted by Crippen LogP contribution is 2.33. The van der Waals surface area contributed by atoms with Crippen molar-refractivity contribution < 1.29 is 22.3 Å². The van der Waals surface area contributed by atoms with Gasteiger partial charge in [-0.15, -0.1) is 0 Å². The highest BCUT2D eigenvalue weighted by molar-refractivity contribution is 6.33. The second-order valence-electron chi connectivity index (χ2n) is 4.00. The van der Waals surface area contributed by atoms with Gasteiger partial charge < -0.3 is 15.8 Å². The quantitative estimate of drug-likeness (QED) is 0.642. The molecular formula is C13H9ClF4N2O. The van der Waals surface area contributed by atoms with Crippen LogP contribution in [0.5, 0.6) is 5.75 Å². The van der Waals surface area contributed by atoms with Gasteiger partial charge in [-0.25, -0.2) is 8.78 Å². The van der Waals surface area contributed by atoms with Gasteiger partial charge in [0.2, 0.25) is 0 Å². The maximum Gasteiger partial charge on any atom is 0.387 e. The SMILES string of the molecule is Nc1cc(F)c(OC(F)F)cc1Nc1ccc(F)cc1Cl. The van der Waals surface area contributed by atoms with Crippen LogP contribution in [0.1, 0.15) is 0 Å². The molecule has 0 atom stereocenters. The number of hydrogen-bond acceptors (Lipinski definition) is 3. The second-order valence-corrected chi connectivity index (χ2v) is 4.40. The van der Waals surface area contributed by atoms with Gasteiger partial charge in [-0.3, -0.25) is 0 Å². The van der Waals surface area contributed by atoms with E-state index in [0.29, 0.717) is 0 Å². The Morgan fingerprint density at radius 1 is 1.10 bits per heavy atom. The molecule has 2 aromatic carbocycles. The van der Waals surface area contributed by atoms with Crippen LogP contribution in [-0.4, -0.2) is 6.61 Å². The molecule has 3 N–H and O–H groups in total. The molecule has 0 aliphatic carbocycles. The third kappa shape index (κ3) is 3.69. The summed E-state index contributed by atoms with van der Waals surface area (Å²) in [5.74, 6) is -2.23. The van der Waals surface area contributed by atoms with Crippen LogP contribution in [0.3, 0.4) is 0 Å². The summed E-state index contributed by atoms with van der Waals surface area (Å²) in [5, 5.41) is 2.74. The number of benzene rings is 2. The van der Waals surface area contributed by atoms with Gasteiger partial charge in [-0.2, -0.15) is 8.78 Å². The molecule has 2 aromatic rings. The molecule has 0 aliphatic rings. The minimum atomic E-state index is -3.18. The Bertz CT molecular complexity index is 667. The van der Waals surface area contributed by atoms with Crippen molar-refractivity contribution in [1.82, 2.24) is 0 Å². The smallest absolute Gasteiger partial charge is 0.387 e. The van der Waals surface area contributed by atoms with E-state index >= 15 is 0 Å². The summed E-state index contributed by atoms with van der Waals surface area (Å²) < 4.78 is 54.7. The molecule has 0 saturated heterocycles. The predicted octanol–water partition coefficient (Wildman–Crippen LogP) is 4.55. The highest BCUT2D eigenvalue weighted by atomic mass is 35.5. The Kier molecular flexibility index (Phi) is 4.42.